The molecule has 2 aromatic carbocycles. The van der Waals surface area contributed by atoms with E-state index in [1.54, 1.807) is 0 Å². The van der Waals surface area contributed by atoms with Crippen LogP contribution in [0, 0.1) is 3.57 Å². The average molecular weight is 364 g/mol. The molecule has 1 N–H and O–H groups in total. The van der Waals surface area contributed by atoms with Crippen LogP contribution in [-0.4, -0.2) is 12.5 Å². The van der Waals surface area contributed by atoms with Crippen LogP contribution in [0.3, 0.4) is 0 Å². The number of nitrogens with one attached hydrogen (secondary N) is 1. The molecule has 19 heavy (non-hydrogen) atoms. The molecule has 1 aliphatic heterocycles. The normalized spacial score (nSPS) is 13.9. The van der Waals surface area contributed by atoms with Gasteiger partial charge in [-0.25, -0.2) is 0 Å². The molecule has 0 spiro atoms. The van der Waals surface area contributed by atoms with Gasteiger partial charge in [0.15, 0.2) is 0 Å². The number of fused-ring (bicyclic) bond motifs is 1. The molecule has 0 fully saturated rings. The van der Waals surface area contributed by atoms with Gasteiger partial charge in [-0.15, -0.1) is 0 Å². The van der Waals surface area contributed by atoms with Crippen LogP contribution in [0.4, 0.5) is 11.4 Å². The lowest BCUT2D eigenvalue weighted by Crippen LogP contribution is -2.37. The predicted octanol–water partition coefficient (Wildman–Crippen LogP) is 3.25. The first-order valence-electron chi connectivity index (χ1n) is 6.10. The number of carbonyl (C=O) groups is 1. The van der Waals surface area contributed by atoms with Crippen LogP contribution >= 0.6 is 22.6 Å². The van der Waals surface area contributed by atoms with Crippen LogP contribution in [0.25, 0.3) is 0 Å². The number of benzene rings is 2. The molecular formula is C15H13IN2O. The maximum absolute atomic E-state index is 11.7. The van der Waals surface area contributed by atoms with Crippen molar-refractivity contribution < 1.29 is 4.79 Å². The van der Waals surface area contributed by atoms with Gasteiger partial charge in [-0.2, -0.15) is 0 Å². The Labute approximate surface area is 125 Å². The summed E-state index contributed by atoms with van der Waals surface area (Å²) in [6.45, 7) is 1.16. The first-order chi connectivity index (χ1) is 9.22. The van der Waals surface area contributed by atoms with E-state index in [1.807, 2.05) is 24.3 Å². The van der Waals surface area contributed by atoms with E-state index >= 15 is 0 Å². The van der Waals surface area contributed by atoms with Crippen LogP contribution in [-0.2, 0) is 11.3 Å². The Bertz CT molecular complexity index is 610. The number of halogens is 1. The van der Waals surface area contributed by atoms with E-state index in [4.69, 9.17) is 0 Å². The van der Waals surface area contributed by atoms with Crippen molar-refractivity contribution in [2.75, 3.05) is 16.8 Å². The Balaban J connectivity index is 1.89. The lowest BCUT2D eigenvalue weighted by atomic mass is 10.1. The highest BCUT2D eigenvalue weighted by atomic mass is 127. The molecule has 0 saturated carbocycles. The fraction of sp³-hybridized carbons (Fsp3) is 0.133. The van der Waals surface area contributed by atoms with E-state index in [9.17, 15) is 4.79 Å². The summed E-state index contributed by atoms with van der Waals surface area (Å²) in [6.07, 6.45) is 0. The number of para-hydroxylation sites is 2. The van der Waals surface area contributed by atoms with Gasteiger partial charge < -0.3 is 10.2 Å². The van der Waals surface area contributed by atoms with Crippen molar-refractivity contribution in [3.63, 3.8) is 0 Å². The van der Waals surface area contributed by atoms with Gasteiger partial charge in [0.2, 0.25) is 5.91 Å². The molecule has 0 bridgehead atoms. The zero-order chi connectivity index (χ0) is 13.2. The zero-order valence-corrected chi connectivity index (χ0v) is 12.4. The molecule has 1 aliphatic rings. The van der Waals surface area contributed by atoms with Crippen molar-refractivity contribution in [1.82, 2.24) is 0 Å². The number of amides is 1. The Morgan fingerprint density at radius 1 is 1.11 bits per heavy atom. The minimum atomic E-state index is 0.0456. The maximum atomic E-state index is 11.7. The lowest BCUT2D eigenvalue weighted by Gasteiger charge is -2.30. The van der Waals surface area contributed by atoms with Gasteiger partial charge in [0, 0.05) is 10.1 Å². The van der Waals surface area contributed by atoms with Crippen LogP contribution in [0.2, 0.25) is 0 Å². The predicted molar refractivity (Wildman–Crippen MR) is 85.3 cm³/mol. The van der Waals surface area contributed by atoms with Gasteiger partial charge in [0.25, 0.3) is 0 Å². The highest BCUT2D eigenvalue weighted by Crippen LogP contribution is 2.29. The van der Waals surface area contributed by atoms with Crippen LogP contribution < -0.4 is 10.2 Å². The van der Waals surface area contributed by atoms with Gasteiger partial charge in [-0.05, 0) is 52.4 Å². The Kier molecular flexibility index (Phi) is 3.42. The molecule has 2 aromatic rings. The molecule has 0 aliphatic carbocycles. The molecule has 0 unspecified atom stereocenters. The van der Waals surface area contributed by atoms with Crippen molar-refractivity contribution in [3.8, 4) is 0 Å². The van der Waals surface area contributed by atoms with E-state index in [2.05, 4.69) is 57.1 Å². The second-order valence-corrected chi connectivity index (χ2v) is 5.79. The summed E-state index contributed by atoms with van der Waals surface area (Å²) in [5.74, 6) is 0.0456. The van der Waals surface area contributed by atoms with Crippen molar-refractivity contribution in [2.24, 2.45) is 0 Å². The summed E-state index contributed by atoms with van der Waals surface area (Å²) in [7, 11) is 0. The Morgan fingerprint density at radius 3 is 2.63 bits per heavy atom. The Hall–Kier alpha value is -1.56. The van der Waals surface area contributed by atoms with Crippen LogP contribution in [0.15, 0.2) is 48.5 Å². The molecule has 1 heterocycles. The van der Waals surface area contributed by atoms with Crippen molar-refractivity contribution in [1.29, 1.82) is 0 Å². The number of nitrogens with zero attached hydrogens (tertiary/aromatic N) is 1. The van der Waals surface area contributed by atoms with Gasteiger partial charge in [-0.1, -0.05) is 24.3 Å². The molecule has 3 rings (SSSR count). The van der Waals surface area contributed by atoms with Gasteiger partial charge in [0.05, 0.1) is 17.9 Å². The summed E-state index contributed by atoms with van der Waals surface area (Å²) in [5, 5.41) is 2.90. The molecule has 96 valence electrons. The lowest BCUT2D eigenvalue weighted by molar-refractivity contribution is -0.115. The van der Waals surface area contributed by atoms with E-state index < -0.39 is 0 Å². The summed E-state index contributed by atoms with van der Waals surface area (Å²) >= 11 is 2.29. The maximum Gasteiger partial charge on any atom is 0.243 e. The third-order valence-corrected chi connectivity index (χ3v) is 3.86. The monoisotopic (exact) mass is 364 g/mol. The summed E-state index contributed by atoms with van der Waals surface area (Å²) in [5.41, 5.74) is 3.19. The van der Waals surface area contributed by atoms with E-state index in [-0.39, 0.29) is 5.91 Å². The molecule has 0 atom stereocenters. The SMILES string of the molecule is O=C1CN(Cc2ccc(I)cc2)c2ccccc2N1. The third-order valence-electron chi connectivity index (χ3n) is 3.14. The standard InChI is InChI=1S/C15H13IN2O/c16-12-7-5-11(6-8-12)9-18-10-15(19)17-13-3-1-2-4-14(13)18/h1-8H,9-10H2,(H,17,19). The highest BCUT2D eigenvalue weighted by Gasteiger charge is 2.21. The topological polar surface area (TPSA) is 32.3 Å². The molecule has 4 heteroatoms. The Morgan fingerprint density at radius 2 is 1.84 bits per heavy atom. The van der Waals surface area contributed by atoms with E-state index in [0.29, 0.717) is 6.54 Å². The minimum absolute atomic E-state index is 0.0456. The number of hydrogen-bond donors (Lipinski definition) is 1. The zero-order valence-electron chi connectivity index (χ0n) is 10.3. The molecule has 0 radical (unpaired) electrons. The van der Waals surface area contributed by atoms with E-state index in [1.165, 1.54) is 9.13 Å². The molecule has 0 saturated heterocycles. The molecular weight excluding hydrogens is 351 g/mol. The number of rotatable bonds is 2. The fourth-order valence-electron chi connectivity index (χ4n) is 2.25. The smallest absolute Gasteiger partial charge is 0.243 e. The van der Waals surface area contributed by atoms with Crippen LogP contribution in [0.1, 0.15) is 5.56 Å². The molecule has 0 aromatic heterocycles. The number of hydrogen-bond acceptors (Lipinski definition) is 2. The van der Waals surface area contributed by atoms with Gasteiger partial charge in [-0.3, -0.25) is 4.79 Å². The summed E-state index contributed by atoms with van der Waals surface area (Å²) < 4.78 is 1.22. The van der Waals surface area contributed by atoms with E-state index in [0.717, 1.165) is 17.9 Å². The number of carbonyl (C=O) groups excluding carboxylic acids is 1. The fourth-order valence-corrected chi connectivity index (χ4v) is 2.61. The van der Waals surface area contributed by atoms with Crippen molar-refractivity contribution in [3.05, 3.63) is 57.7 Å². The largest absolute Gasteiger partial charge is 0.356 e. The van der Waals surface area contributed by atoms with Crippen molar-refractivity contribution in [2.45, 2.75) is 6.54 Å². The minimum Gasteiger partial charge on any atom is -0.356 e. The quantitative estimate of drug-likeness (QED) is 0.830. The first-order valence-corrected chi connectivity index (χ1v) is 7.18. The van der Waals surface area contributed by atoms with Gasteiger partial charge in [0.1, 0.15) is 0 Å². The average Bonchev–Trinajstić information content (AvgIpc) is 2.41. The van der Waals surface area contributed by atoms with Crippen molar-refractivity contribution >= 4 is 39.9 Å². The highest BCUT2D eigenvalue weighted by molar-refractivity contribution is 14.1. The van der Waals surface area contributed by atoms with Gasteiger partial charge >= 0.3 is 0 Å². The second-order valence-electron chi connectivity index (χ2n) is 4.55. The third kappa shape index (κ3) is 2.73. The first kappa shape index (κ1) is 12.5. The molecule has 3 nitrogen and oxygen atoms in total. The number of anilines is 2. The van der Waals surface area contributed by atoms with Crippen LogP contribution in [0.5, 0.6) is 0 Å². The molecule has 1 amide bonds. The summed E-state index contributed by atoms with van der Waals surface area (Å²) in [6, 6.07) is 16.3. The summed E-state index contributed by atoms with van der Waals surface area (Å²) in [4.78, 5) is 13.8. The second kappa shape index (κ2) is 5.21.